The van der Waals surface area contributed by atoms with Crippen LogP contribution in [0.4, 0.5) is 5.82 Å². The number of nitrogens with two attached hydrogens (primary N) is 1. The summed E-state index contributed by atoms with van der Waals surface area (Å²) in [4.78, 5) is 20.1. The molecule has 0 radical (unpaired) electrons. The summed E-state index contributed by atoms with van der Waals surface area (Å²) in [6.45, 7) is 4.05. The van der Waals surface area contributed by atoms with E-state index in [0.29, 0.717) is 11.9 Å². The standard InChI is InChI=1S/C16H22N6/c1-2-3-13-10-15(22-8-4-12(17)5-9-22)21-16(20-13)14-11-18-6-7-19-14/h6-7,10-12H,2-5,8-9,17H2,1H3. The Labute approximate surface area is 130 Å². The van der Waals surface area contributed by atoms with Crippen LogP contribution in [0, 0.1) is 0 Å². The van der Waals surface area contributed by atoms with Crippen LogP contribution in [0.1, 0.15) is 31.9 Å². The minimum absolute atomic E-state index is 0.313. The Morgan fingerprint density at radius 1 is 1.23 bits per heavy atom. The van der Waals surface area contributed by atoms with Crippen LogP contribution < -0.4 is 10.6 Å². The Morgan fingerprint density at radius 3 is 2.73 bits per heavy atom. The highest BCUT2D eigenvalue weighted by Crippen LogP contribution is 2.22. The number of hydrogen-bond donors (Lipinski definition) is 1. The van der Waals surface area contributed by atoms with Gasteiger partial charge in [-0.25, -0.2) is 15.0 Å². The highest BCUT2D eigenvalue weighted by atomic mass is 15.2. The first-order valence-electron chi connectivity index (χ1n) is 7.91. The van der Waals surface area contributed by atoms with Crippen molar-refractivity contribution in [1.82, 2.24) is 19.9 Å². The molecule has 1 saturated heterocycles. The van der Waals surface area contributed by atoms with Crippen molar-refractivity contribution in [2.24, 2.45) is 5.73 Å². The average molecular weight is 298 g/mol. The van der Waals surface area contributed by atoms with Gasteiger partial charge in [0.15, 0.2) is 5.82 Å². The van der Waals surface area contributed by atoms with E-state index in [2.05, 4.69) is 32.8 Å². The zero-order chi connectivity index (χ0) is 15.4. The van der Waals surface area contributed by atoms with Gasteiger partial charge in [0.2, 0.25) is 0 Å². The Bertz CT molecular complexity index is 607. The predicted molar refractivity (Wildman–Crippen MR) is 86.5 cm³/mol. The lowest BCUT2D eigenvalue weighted by molar-refractivity contribution is 0.498. The molecule has 2 N–H and O–H groups in total. The summed E-state index contributed by atoms with van der Waals surface area (Å²) in [6.07, 6.45) is 9.05. The van der Waals surface area contributed by atoms with Gasteiger partial charge >= 0.3 is 0 Å². The molecule has 0 amide bonds. The number of aromatic nitrogens is 4. The van der Waals surface area contributed by atoms with E-state index in [-0.39, 0.29) is 0 Å². The fourth-order valence-electron chi connectivity index (χ4n) is 2.69. The highest BCUT2D eigenvalue weighted by Gasteiger charge is 2.19. The molecule has 0 aliphatic carbocycles. The third-order valence-corrected chi connectivity index (χ3v) is 3.93. The van der Waals surface area contributed by atoms with Crippen LogP contribution in [-0.2, 0) is 6.42 Å². The summed E-state index contributed by atoms with van der Waals surface area (Å²) in [5.74, 6) is 1.63. The molecule has 2 aromatic rings. The van der Waals surface area contributed by atoms with Crippen molar-refractivity contribution in [2.75, 3.05) is 18.0 Å². The predicted octanol–water partition coefficient (Wildman–Crippen LogP) is 1.81. The molecule has 0 bridgehead atoms. The molecule has 1 fully saturated rings. The molecular weight excluding hydrogens is 276 g/mol. The number of aryl methyl sites for hydroxylation is 1. The maximum atomic E-state index is 6.00. The summed E-state index contributed by atoms with van der Waals surface area (Å²) >= 11 is 0. The molecule has 6 nitrogen and oxygen atoms in total. The van der Waals surface area contributed by atoms with Crippen molar-refractivity contribution < 1.29 is 0 Å². The van der Waals surface area contributed by atoms with E-state index in [1.165, 1.54) is 0 Å². The number of nitrogens with zero attached hydrogens (tertiary/aromatic N) is 5. The smallest absolute Gasteiger partial charge is 0.182 e. The lowest BCUT2D eigenvalue weighted by atomic mass is 10.1. The van der Waals surface area contributed by atoms with Crippen molar-refractivity contribution in [1.29, 1.82) is 0 Å². The topological polar surface area (TPSA) is 80.8 Å². The van der Waals surface area contributed by atoms with E-state index in [0.717, 1.165) is 56.0 Å². The molecule has 0 aromatic carbocycles. The molecule has 1 aliphatic heterocycles. The molecule has 0 unspecified atom stereocenters. The van der Waals surface area contributed by atoms with Gasteiger partial charge in [-0.1, -0.05) is 13.3 Å². The van der Waals surface area contributed by atoms with Crippen molar-refractivity contribution in [3.63, 3.8) is 0 Å². The average Bonchev–Trinajstić information content (AvgIpc) is 2.56. The SMILES string of the molecule is CCCc1cc(N2CCC(N)CC2)nc(-c2cnccn2)n1. The molecule has 1 aliphatic rings. The first kappa shape index (κ1) is 14.8. The van der Waals surface area contributed by atoms with Crippen LogP contribution in [-0.4, -0.2) is 39.1 Å². The molecule has 0 spiro atoms. The highest BCUT2D eigenvalue weighted by molar-refractivity contribution is 5.53. The van der Waals surface area contributed by atoms with Gasteiger partial charge in [-0.05, 0) is 19.3 Å². The molecule has 0 saturated carbocycles. The molecule has 2 aromatic heterocycles. The molecule has 116 valence electrons. The van der Waals surface area contributed by atoms with Crippen LogP contribution >= 0.6 is 0 Å². The summed E-state index contributed by atoms with van der Waals surface area (Å²) in [7, 11) is 0. The lowest BCUT2D eigenvalue weighted by Gasteiger charge is -2.31. The second-order valence-electron chi connectivity index (χ2n) is 5.71. The third kappa shape index (κ3) is 3.39. The normalized spacial score (nSPS) is 16.0. The molecule has 0 atom stereocenters. The van der Waals surface area contributed by atoms with E-state index >= 15 is 0 Å². The minimum Gasteiger partial charge on any atom is -0.356 e. The summed E-state index contributed by atoms with van der Waals surface area (Å²) in [5, 5.41) is 0. The zero-order valence-corrected chi connectivity index (χ0v) is 12.9. The van der Waals surface area contributed by atoms with Gasteiger partial charge in [-0.2, -0.15) is 0 Å². The van der Waals surface area contributed by atoms with Crippen LogP contribution in [0.5, 0.6) is 0 Å². The van der Waals surface area contributed by atoms with Crippen LogP contribution in [0.25, 0.3) is 11.5 Å². The quantitative estimate of drug-likeness (QED) is 0.927. The van der Waals surface area contributed by atoms with Crippen LogP contribution in [0.3, 0.4) is 0 Å². The van der Waals surface area contributed by atoms with Crippen molar-refractivity contribution in [2.45, 2.75) is 38.6 Å². The van der Waals surface area contributed by atoms with E-state index in [4.69, 9.17) is 10.7 Å². The number of piperidine rings is 1. The fraction of sp³-hybridized carbons (Fsp3) is 0.500. The number of hydrogen-bond acceptors (Lipinski definition) is 6. The second kappa shape index (κ2) is 6.79. The van der Waals surface area contributed by atoms with Crippen LogP contribution in [0.2, 0.25) is 0 Å². The van der Waals surface area contributed by atoms with Gasteiger partial charge in [-0.3, -0.25) is 4.98 Å². The summed E-state index contributed by atoms with van der Waals surface area (Å²) in [6, 6.07) is 2.41. The molecule has 3 rings (SSSR count). The van der Waals surface area contributed by atoms with Gasteiger partial charge in [0.05, 0.1) is 6.20 Å². The van der Waals surface area contributed by atoms with Crippen molar-refractivity contribution >= 4 is 5.82 Å². The summed E-state index contributed by atoms with van der Waals surface area (Å²) in [5.41, 5.74) is 7.77. The Balaban J connectivity index is 1.93. The summed E-state index contributed by atoms with van der Waals surface area (Å²) < 4.78 is 0. The van der Waals surface area contributed by atoms with E-state index in [1.807, 2.05) is 0 Å². The Hall–Kier alpha value is -2.08. The Morgan fingerprint density at radius 2 is 2.05 bits per heavy atom. The maximum Gasteiger partial charge on any atom is 0.182 e. The molecule has 22 heavy (non-hydrogen) atoms. The number of rotatable bonds is 4. The molecule has 6 heteroatoms. The third-order valence-electron chi connectivity index (χ3n) is 3.93. The van der Waals surface area contributed by atoms with Crippen LogP contribution in [0.15, 0.2) is 24.7 Å². The van der Waals surface area contributed by atoms with Crippen molar-refractivity contribution in [3.8, 4) is 11.5 Å². The maximum absolute atomic E-state index is 6.00. The number of anilines is 1. The Kier molecular flexibility index (Phi) is 4.58. The van der Waals surface area contributed by atoms with Gasteiger partial charge in [0, 0.05) is 43.3 Å². The molecule has 3 heterocycles. The van der Waals surface area contributed by atoms with Gasteiger partial charge < -0.3 is 10.6 Å². The lowest BCUT2D eigenvalue weighted by Crippen LogP contribution is -2.40. The monoisotopic (exact) mass is 298 g/mol. The first-order chi connectivity index (χ1) is 10.8. The van der Waals surface area contributed by atoms with Crippen molar-refractivity contribution in [3.05, 3.63) is 30.4 Å². The van der Waals surface area contributed by atoms with E-state index < -0.39 is 0 Å². The largest absolute Gasteiger partial charge is 0.356 e. The fourth-order valence-corrected chi connectivity index (χ4v) is 2.69. The zero-order valence-electron chi connectivity index (χ0n) is 12.9. The van der Waals surface area contributed by atoms with Gasteiger partial charge in [-0.15, -0.1) is 0 Å². The minimum atomic E-state index is 0.313. The molecular formula is C16H22N6. The van der Waals surface area contributed by atoms with E-state index in [1.54, 1.807) is 18.6 Å². The van der Waals surface area contributed by atoms with E-state index in [9.17, 15) is 0 Å². The first-order valence-corrected chi connectivity index (χ1v) is 7.91. The van der Waals surface area contributed by atoms with Gasteiger partial charge in [0.25, 0.3) is 0 Å². The second-order valence-corrected chi connectivity index (χ2v) is 5.71. The van der Waals surface area contributed by atoms with Gasteiger partial charge in [0.1, 0.15) is 11.5 Å².